The predicted molar refractivity (Wildman–Crippen MR) is 115 cm³/mol. The maximum Gasteiger partial charge on any atom is 0.251 e. The zero-order chi connectivity index (χ0) is 21.3. The highest BCUT2D eigenvalue weighted by molar-refractivity contribution is 5.97. The van der Waals surface area contributed by atoms with Crippen LogP contribution in [0.2, 0.25) is 0 Å². The Kier molecular flexibility index (Phi) is 7.98. The van der Waals surface area contributed by atoms with Gasteiger partial charge in [-0.05, 0) is 38.5 Å². The molecular weight excluding hydrogens is 382 g/mol. The van der Waals surface area contributed by atoms with Gasteiger partial charge in [0.1, 0.15) is 0 Å². The second-order valence-corrected chi connectivity index (χ2v) is 7.81. The quantitative estimate of drug-likeness (QED) is 0.615. The number of benzene rings is 1. The Morgan fingerprint density at radius 2 is 2.00 bits per heavy atom. The highest BCUT2D eigenvalue weighted by atomic mass is 16.5. The van der Waals surface area contributed by atoms with Gasteiger partial charge in [-0.3, -0.25) is 14.5 Å². The number of amides is 2. The van der Waals surface area contributed by atoms with Crippen molar-refractivity contribution >= 4 is 17.5 Å². The Morgan fingerprint density at radius 1 is 1.20 bits per heavy atom. The van der Waals surface area contributed by atoms with Crippen molar-refractivity contribution in [2.45, 2.75) is 45.4 Å². The van der Waals surface area contributed by atoms with E-state index in [4.69, 9.17) is 4.74 Å². The normalized spacial score (nSPS) is 19.4. The summed E-state index contributed by atoms with van der Waals surface area (Å²) in [5, 5.41) is 5.81. The number of anilines is 1. The topological polar surface area (TPSA) is 88.5 Å². The van der Waals surface area contributed by atoms with Crippen LogP contribution in [0.5, 0.6) is 0 Å². The van der Waals surface area contributed by atoms with Crippen LogP contribution < -0.4 is 10.6 Å². The number of hydrogen-bond donors (Lipinski definition) is 2. The van der Waals surface area contributed by atoms with Gasteiger partial charge >= 0.3 is 0 Å². The summed E-state index contributed by atoms with van der Waals surface area (Å²) in [4.78, 5) is 30.9. The van der Waals surface area contributed by atoms with E-state index in [1.54, 1.807) is 36.8 Å². The number of ether oxygens (including phenoxy) is 1. The lowest BCUT2D eigenvalue weighted by Gasteiger charge is -2.35. The first-order valence-corrected chi connectivity index (χ1v) is 10.5. The third-order valence-electron chi connectivity index (χ3n) is 5.00. The summed E-state index contributed by atoms with van der Waals surface area (Å²) in [7, 11) is 0. The minimum atomic E-state index is -0.131. The molecule has 1 aliphatic rings. The van der Waals surface area contributed by atoms with Gasteiger partial charge in [-0.25, -0.2) is 4.98 Å². The van der Waals surface area contributed by atoms with Gasteiger partial charge in [-0.15, -0.1) is 0 Å². The molecule has 2 aromatic rings. The number of carbonyl (C=O) groups is 2. The number of aromatic nitrogens is 2. The molecule has 0 bridgehead atoms. The molecule has 0 radical (unpaired) electrons. The molecule has 8 nitrogen and oxygen atoms in total. The molecule has 2 unspecified atom stereocenters. The maximum absolute atomic E-state index is 12.5. The molecule has 0 spiro atoms. The number of carbonyl (C=O) groups excluding carboxylic acids is 2. The Morgan fingerprint density at radius 3 is 2.73 bits per heavy atom. The van der Waals surface area contributed by atoms with Gasteiger partial charge in [-0.2, -0.15) is 0 Å². The third kappa shape index (κ3) is 6.96. The Hall–Kier alpha value is -2.71. The lowest BCUT2D eigenvalue weighted by molar-refractivity contribution is -0.116. The molecule has 0 saturated carbocycles. The number of nitrogens with zero attached hydrogens (tertiary/aromatic N) is 3. The monoisotopic (exact) mass is 413 g/mol. The van der Waals surface area contributed by atoms with Gasteiger partial charge in [0.25, 0.3) is 5.91 Å². The highest BCUT2D eigenvalue weighted by Gasteiger charge is 2.21. The molecule has 162 valence electrons. The Labute approximate surface area is 177 Å². The minimum absolute atomic E-state index is 0.102. The molecule has 2 heterocycles. The van der Waals surface area contributed by atoms with Crippen molar-refractivity contribution in [1.29, 1.82) is 0 Å². The molecule has 2 atom stereocenters. The zero-order valence-corrected chi connectivity index (χ0v) is 17.7. The van der Waals surface area contributed by atoms with E-state index in [1.807, 2.05) is 10.8 Å². The first-order valence-electron chi connectivity index (χ1n) is 10.5. The molecule has 30 heavy (non-hydrogen) atoms. The van der Waals surface area contributed by atoms with Crippen LogP contribution in [-0.4, -0.2) is 64.7 Å². The minimum Gasteiger partial charge on any atom is -0.373 e. The largest absolute Gasteiger partial charge is 0.373 e. The second-order valence-electron chi connectivity index (χ2n) is 7.81. The first-order chi connectivity index (χ1) is 14.5. The van der Waals surface area contributed by atoms with E-state index in [-0.39, 0.29) is 24.0 Å². The third-order valence-corrected chi connectivity index (χ3v) is 5.00. The van der Waals surface area contributed by atoms with Crippen molar-refractivity contribution in [2.75, 3.05) is 31.5 Å². The maximum atomic E-state index is 12.5. The van der Waals surface area contributed by atoms with E-state index in [1.165, 1.54) is 0 Å². The highest BCUT2D eigenvalue weighted by Crippen LogP contribution is 2.12. The summed E-state index contributed by atoms with van der Waals surface area (Å²) in [6.07, 6.45) is 6.91. The van der Waals surface area contributed by atoms with Gasteiger partial charge in [0, 0.05) is 62.8 Å². The van der Waals surface area contributed by atoms with Crippen molar-refractivity contribution in [3.8, 4) is 0 Å². The van der Waals surface area contributed by atoms with Crippen LogP contribution >= 0.6 is 0 Å². The van der Waals surface area contributed by atoms with Crippen molar-refractivity contribution < 1.29 is 14.3 Å². The molecule has 2 N–H and O–H groups in total. The smallest absolute Gasteiger partial charge is 0.251 e. The molecule has 1 aliphatic heterocycles. The van der Waals surface area contributed by atoms with Crippen LogP contribution in [0.1, 0.15) is 37.0 Å². The zero-order valence-electron chi connectivity index (χ0n) is 17.7. The molecule has 1 fully saturated rings. The van der Waals surface area contributed by atoms with E-state index in [0.717, 1.165) is 26.1 Å². The summed E-state index contributed by atoms with van der Waals surface area (Å²) in [6, 6.07) is 7.02. The number of nitrogens with one attached hydrogen (secondary N) is 2. The van der Waals surface area contributed by atoms with Gasteiger partial charge in [0.05, 0.1) is 18.5 Å². The fraction of sp³-hybridized carbons (Fsp3) is 0.500. The first kappa shape index (κ1) is 22.0. The van der Waals surface area contributed by atoms with Crippen LogP contribution in [0.15, 0.2) is 43.0 Å². The van der Waals surface area contributed by atoms with Crippen LogP contribution in [0.25, 0.3) is 0 Å². The average molecular weight is 414 g/mol. The molecule has 0 aliphatic carbocycles. The molecule has 8 heteroatoms. The SMILES string of the molecule is CC1CN(CCCNC(=O)c2cccc(NC(=O)CCn3ccnc3)c2)CC(C)O1. The summed E-state index contributed by atoms with van der Waals surface area (Å²) in [5.74, 6) is -0.233. The molecule has 1 saturated heterocycles. The number of rotatable bonds is 9. The molecule has 1 aromatic heterocycles. The van der Waals surface area contributed by atoms with Crippen molar-refractivity contribution in [1.82, 2.24) is 19.8 Å². The lowest BCUT2D eigenvalue weighted by Crippen LogP contribution is -2.46. The second kappa shape index (κ2) is 10.9. The van der Waals surface area contributed by atoms with Crippen LogP contribution in [0, 0.1) is 0 Å². The standard InChI is InChI=1S/C22H31N5O3/c1-17-14-27(15-18(2)30-17)10-4-8-24-22(29)19-5-3-6-20(13-19)25-21(28)7-11-26-12-9-23-16-26/h3,5-6,9,12-13,16-18H,4,7-8,10-11,14-15H2,1-2H3,(H,24,29)(H,25,28). The van der Waals surface area contributed by atoms with E-state index < -0.39 is 0 Å². The summed E-state index contributed by atoms with van der Waals surface area (Å²) in [6.45, 7) is 8.15. The number of morpholine rings is 1. The average Bonchev–Trinajstić information content (AvgIpc) is 3.23. The Balaban J connectivity index is 1.40. The lowest BCUT2D eigenvalue weighted by atomic mass is 10.2. The summed E-state index contributed by atoms with van der Waals surface area (Å²) < 4.78 is 7.59. The summed E-state index contributed by atoms with van der Waals surface area (Å²) in [5.41, 5.74) is 1.16. The van der Waals surface area contributed by atoms with E-state index >= 15 is 0 Å². The number of aryl methyl sites for hydroxylation is 1. The fourth-order valence-electron chi connectivity index (χ4n) is 3.68. The van der Waals surface area contributed by atoms with E-state index in [9.17, 15) is 9.59 Å². The van der Waals surface area contributed by atoms with E-state index in [2.05, 4.69) is 34.4 Å². The number of imidazole rings is 1. The van der Waals surface area contributed by atoms with Gasteiger partial charge in [-0.1, -0.05) is 6.07 Å². The van der Waals surface area contributed by atoms with Crippen molar-refractivity contribution in [3.63, 3.8) is 0 Å². The molecular formula is C22H31N5O3. The number of hydrogen-bond acceptors (Lipinski definition) is 5. The molecule has 1 aromatic carbocycles. The van der Waals surface area contributed by atoms with Crippen LogP contribution in [-0.2, 0) is 16.1 Å². The van der Waals surface area contributed by atoms with Crippen molar-refractivity contribution in [3.05, 3.63) is 48.5 Å². The van der Waals surface area contributed by atoms with E-state index in [0.29, 0.717) is 30.8 Å². The predicted octanol–water partition coefficient (Wildman–Crippen LogP) is 2.14. The van der Waals surface area contributed by atoms with Crippen molar-refractivity contribution in [2.24, 2.45) is 0 Å². The van der Waals surface area contributed by atoms with Gasteiger partial charge < -0.3 is 19.9 Å². The van der Waals surface area contributed by atoms with Gasteiger partial charge in [0.15, 0.2) is 0 Å². The summed E-state index contributed by atoms with van der Waals surface area (Å²) >= 11 is 0. The molecule has 2 amide bonds. The van der Waals surface area contributed by atoms with Crippen LogP contribution in [0.4, 0.5) is 5.69 Å². The van der Waals surface area contributed by atoms with Crippen LogP contribution in [0.3, 0.4) is 0 Å². The molecule has 3 rings (SSSR count). The van der Waals surface area contributed by atoms with Gasteiger partial charge in [0.2, 0.25) is 5.91 Å². The Bertz CT molecular complexity index is 814. The fourth-order valence-corrected chi connectivity index (χ4v) is 3.68.